The summed E-state index contributed by atoms with van der Waals surface area (Å²) in [7, 11) is -3.50. The van der Waals surface area contributed by atoms with Crippen LogP contribution in [0, 0.1) is 0 Å². The number of aliphatic hydroxyl groups is 1. The number of sulfone groups is 1. The Bertz CT molecular complexity index is 578. The summed E-state index contributed by atoms with van der Waals surface area (Å²) in [6.45, 7) is 0. The molecule has 0 aromatic heterocycles. The largest absolute Gasteiger partial charge is 0.416 e. The molecule has 2 unspecified atom stereocenters. The lowest BCUT2D eigenvalue weighted by molar-refractivity contribution is -0.137. The second-order valence-electron chi connectivity index (χ2n) is 4.43. The molecule has 1 N–H and O–H groups in total. The van der Waals surface area contributed by atoms with E-state index in [0.29, 0.717) is 0 Å². The summed E-state index contributed by atoms with van der Waals surface area (Å²) in [5, 5.41) is 8.75. The number of aliphatic hydroxyl groups excluding tert-OH is 1. The van der Waals surface area contributed by atoms with Crippen molar-refractivity contribution in [3.8, 4) is 0 Å². The molecule has 0 amide bonds. The van der Waals surface area contributed by atoms with Gasteiger partial charge in [-0.1, -0.05) is 6.07 Å². The van der Waals surface area contributed by atoms with Crippen molar-refractivity contribution in [1.29, 1.82) is 0 Å². The van der Waals surface area contributed by atoms with E-state index in [-0.39, 0.29) is 17.5 Å². The van der Waals surface area contributed by atoms with Crippen LogP contribution in [0.2, 0.25) is 0 Å². The highest BCUT2D eigenvalue weighted by molar-refractivity contribution is 7.91. The molecule has 1 aliphatic carbocycles. The Balaban J connectivity index is 2.44. The first kappa shape index (κ1) is 13.4. The molecular weight excluding hydrogens is 269 g/mol. The molecule has 1 aromatic rings. The molecule has 7 heteroatoms. The summed E-state index contributed by atoms with van der Waals surface area (Å²) in [4.78, 5) is 0. The number of halogens is 3. The van der Waals surface area contributed by atoms with Crippen molar-refractivity contribution < 1.29 is 26.7 Å². The van der Waals surface area contributed by atoms with Crippen molar-refractivity contribution in [1.82, 2.24) is 0 Å². The molecule has 1 aliphatic rings. The van der Waals surface area contributed by atoms with E-state index in [1.807, 2.05) is 0 Å². The molecule has 2 rings (SSSR count). The average Bonchev–Trinajstić information content (AvgIpc) is 2.54. The van der Waals surface area contributed by atoms with E-state index in [4.69, 9.17) is 0 Å². The van der Waals surface area contributed by atoms with Crippen molar-refractivity contribution >= 4 is 9.84 Å². The van der Waals surface area contributed by atoms with Gasteiger partial charge in [0.1, 0.15) is 0 Å². The Labute approximate surface area is 102 Å². The van der Waals surface area contributed by atoms with Gasteiger partial charge < -0.3 is 5.11 Å². The molecule has 18 heavy (non-hydrogen) atoms. The predicted octanol–water partition coefficient (Wildman–Crippen LogP) is 1.71. The van der Waals surface area contributed by atoms with Crippen LogP contribution >= 0.6 is 0 Å². The van der Waals surface area contributed by atoms with Crippen molar-refractivity contribution in [2.24, 2.45) is 0 Å². The van der Waals surface area contributed by atoms with Crippen LogP contribution < -0.4 is 0 Å². The topological polar surface area (TPSA) is 54.4 Å². The van der Waals surface area contributed by atoms with Crippen molar-refractivity contribution in [3.63, 3.8) is 0 Å². The number of fused-ring (bicyclic) bond motifs is 1. The molecule has 100 valence electrons. The fourth-order valence-electron chi connectivity index (χ4n) is 2.16. The fourth-order valence-corrected chi connectivity index (χ4v) is 3.26. The van der Waals surface area contributed by atoms with E-state index in [2.05, 4.69) is 0 Å². The minimum Gasteiger partial charge on any atom is -0.387 e. The zero-order valence-corrected chi connectivity index (χ0v) is 10.2. The first-order valence-electron chi connectivity index (χ1n) is 5.17. The van der Waals surface area contributed by atoms with Crippen LogP contribution in [0.25, 0.3) is 0 Å². The van der Waals surface area contributed by atoms with E-state index in [9.17, 15) is 26.7 Å². The second-order valence-corrected chi connectivity index (χ2v) is 6.69. The zero-order chi connectivity index (χ0) is 13.7. The quantitative estimate of drug-likeness (QED) is 0.852. The summed E-state index contributed by atoms with van der Waals surface area (Å²) < 4.78 is 60.3. The van der Waals surface area contributed by atoms with Crippen LogP contribution in [-0.2, 0) is 22.4 Å². The fraction of sp³-hybridized carbons (Fsp3) is 0.455. The smallest absolute Gasteiger partial charge is 0.387 e. The van der Waals surface area contributed by atoms with E-state index in [1.54, 1.807) is 0 Å². The third kappa shape index (κ3) is 2.24. The summed E-state index contributed by atoms with van der Waals surface area (Å²) in [6, 6.07) is 2.91. The minimum atomic E-state index is -4.47. The standard InChI is InChI=1S/C11H11F3O3S/c1-18(16,17)9-5-6-4-7(11(12,13)14)2-3-8(6)10(9)15/h2-4,9-10,15H,5H2,1H3. The lowest BCUT2D eigenvalue weighted by Crippen LogP contribution is -2.24. The summed E-state index contributed by atoms with van der Waals surface area (Å²) in [5.74, 6) is 0. The van der Waals surface area contributed by atoms with Gasteiger partial charge in [0.15, 0.2) is 9.84 Å². The molecule has 0 heterocycles. The number of hydrogen-bond donors (Lipinski definition) is 1. The SMILES string of the molecule is CS(=O)(=O)C1Cc2cc(C(F)(F)F)ccc2C1O. The van der Waals surface area contributed by atoms with Crippen molar-refractivity contribution in [2.75, 3.05) is 6.26 Å². The molecule has 0 radical (unpaired) electrons. The first-order valence-corrected chi connectivity index (χ1v) is 7.13. The van der Waals surface area contributed by atoms with Crippen LogP contribution in [0.3, 0.4) is 0 Å². The average molecular weight is 280 g/mol. The molecule has 1 aromatic carbocycles. The van der Waals surface area contributed by atoms with Crippen LogP contribution in [0.1, 0.15) is 22.8 Å². The van der Waals surface area contributed by atoms with Gasteiger partial charge in [0.05, 0.1) is 16.9 Å². The zero-order valence-electron chi connectivity index (χ0n) is 9.40. The molecule has 0 bridgehead atoms. The highest BCUT2D eigenvalue weighted by atomic mass is 32.2. The number of benzene rings is 1. The molecule has 0 saturated carbocycles. The van der Waals surface area contributed by atoms with Gasteiger partial charge in [0.2, 0.25) is 0 Å². The van der Waals surface area contributed by atoms with Crippen molar-refractivity contribution in [2.45, 2.75) is 24.0 Å². The van der Waals surface area contributed by atoms with Gasteiger partial charge in [0, 0.05) is 6.26 Å². The Morgan fingerprint density at radius 2 is 1.94 bits per heavy atom. The summed E-state index contributed by atoms with van der Waals surface area (Å²) >= 11 is 0. The lowest BCUT2D eigenvalue weighted by atomic mass is 10.1. The normalized spacial score (nSPS) is 24.1. The molecule has 0 aliphatic heterocycles. The second kappa shape index (κ2) is 3.96. The van der Waals surface area contributed by atoms with Crippen molar-refractivity contribution in [3.05, 3.63) is 34.9 Å². The third-order valence-corrected chi connectivity index (χ3v) is 4.64. The van der Waals surface area contributed by atoms with Gasteiger partial charge in [-0.25, -0.2) is 8.42 Å². The van der Waals surface area contributed by atoms with E-state index in [1.165, 1.54) is 0 Å². The molecule has 3 nitrogen and oxygen atoms in total. The maximum Gasteiger partial charge on any atom is 0.416 e. The minimum absolute atomic E-state index is 0.0841. The third-order valence-electron chi connectivity index (χ3n) is 3.11. The van der Waals surface area contributed by atoms with Crippen LogP contribution in [0.15, 0.2) is 18.2 Å². The molecule has 0 spiro atoms. The Kier molecular flexibility index (Phi) is 2.94. The van der Waals surface area contributed by atoms with E-state index < -0.39 is 32.9 Å². The Hall–Kier alpha value is -1.08. The van der Waals surface area contributed by atoms with E-state index >= 15 is 0 Å². The maximum absolute atomic E-state index is 12.5. The highest BCUT2D eigenvalue weighted by Gasteiger charge is 2.39. The first-order chi connectivity index (χ1) is 8.10. The number of rotatable bonds is 1. The maximum atomic E-state index is 12.5. The molecule has 0 fully saturated rings. The van der Waals surface area contributed by atoms with Gasteiger partial charge in [-0.3, -0.25) is 0 Å². The highest BCUT2D eigenvalue weighted by Crippen LogP contribution is 2.38. The van der Waals surface area contributed by atoms with Crippen LogP contribution in [-0.4, -0.2) is 25.0 Å². The van der Waals surface area contributed by atoms with Gasteiger partial charge in [-0.15, -0.1) is 0 Å². The number of alkyl halides is 3. The Morgan fingerprint density at radius 1 is 1.33 bits per heavy atom. The lowest BCUT2D eigenvalue weighted by Gasteiger charge is -2.12. The monoisotopic (exact) mass is 280 g/mol. The molecule has 2 atom stereocenters. The summed E-state index contributed by atoms with van der Waals surface area (Å²) in [6.07, 6.45) is -4.84. The van der Waals surface area contributed by atoms with Gasteiger partial charge in [-0.2, -0.15) is 13.2 Å². The van der Waals surface area contributed by atoms with Gasteiger partial charge in [0.25, 0.3) is 0 Å². The van der Waals surface area contributed by atoms with Gasteiger partial charge in [-0.05, 0) is 29.7 Å². The number of hydrogen-bond acceptors (Lipinski definition) is 3. The van der Waals surface area contributed by atoms with Crippen LogP contribution in [0.5, 0.6) is 0 Å². The Morgan fingerprint density at radius 3 is 2.44 bits per heavy atom. The molecule has 0 saturated heterocycles. The molecular formula is C11H11F3O3S. The summed E-state index contributed by atoms with van der Waals surface area (Å²) in [5.41, 5.74) is -0.325. The van der Waals surface area contributed by atoms with Gasteiger partial charge >= 0.3 is 6.18 Å². The van der Waals surface area contributed by atoms with E-state index in [0.717, 1.165) is 24.5 Å². The van der Waals surface area contributed by atoms with Crippen LogP contribution in [0.4, 0.5) is 13.2 Å². The predicted molar refractivity (Wildman–Crippen MR) is 58.7 cm³/mol.